The number of likely N-dealkylation sites (tertiary alicyclic amines) is 1. The van der Waals surface area contributed by atoms with Gasteiger partial charge in [0, 0.05) is 44.6 Å². The summed E-state index contributed by atoms with van der Waals surface area (Å²) in [6.45, 7) is 5.42. The molecule has 2 unspecified atom stereocenters. The van der Waals surface area contributed by atoms with Gasteiger partial charge in [-0.2, -0.15) is 0 Å². The van der Waals surface area contributed by atoms with Crippen LogP contribution in [-0.4, -0.2) is 61.6 Å². The number of morpholine rings is 1. The molecule has 0 spiro atoms. The van der Waals surface area contributed by atoms with Gasteiger partial charge < -0.3 is 20.3 Å². The number of nitrogens with one attached hydrogen (secondary N) is 2. The summed E-state index contributed by atoms with van der Waals surface area (Å²) in [5.74, 6) is 0.218. The van der Waals surface area contributed by atoms with E-state index < -0.39 is 0 Å². The van der Waals surface area contributed by atoms with Gasteiger partial charge in [0.25, 0.3) is 0 Å². The molecule has 2 saturated heterocycles. The van der Waals surface area contributed by atoms with E-state index in [0.717, 1.165) is 32.5 Å². The fourth-order valence-corrected chi connectivity index (χ4v) is 2.74. The molecule has 6 nitrogen and oxygen atoms in total. The third kappa shape index (κ3) is 4.45. The molecule has 2 fully saturated rings. The molecule has 2 rings (SSSR count). The molecule has 2 aliphatic heterocycles. The van der Waals surface area contributed by atoms with Crippen LogP contribution in [0.4, 0.5) is 0 Å². The molecule has 2 atom stereocenters. The Bertz CT molecular complexity index is 343. The van der Waals surface area contributed by atoms with Crippen molar-refractivity contribution in [2.75, 3.05) is 32.8 Å². The molecule has 114 valence electrons. The summed E-state index contributed by atoms with van der Waals surface area (Å²) in [4.78, 5) is 25.6. The molecular formula is C14H25N3O3. The molecular weight excluding hydrogens is 258 g/mol. The second-order valence-corrected chi connectivity index (χ2v) is 5.53. The number of amides is 2. The summed E-state index contributed by atoms with van der Waals surface area (Å²) < 4.78 is 5.37. The van der Waals surface area contributed by atoms with Gasteiger partial charge in [0.1, 0.15) is 0 Å². The first kappa shape index (κ1) is 15.3. The minimum absolute atomic E-state index is 0.0617. The van der Waals surface area contributed by atoms with Crippen molar-refractivity contribution in [3.8, 4) is 0 Å². The van der Waals surface area contributed by atoms with Gasteiger partial charge in [-0.25, -0.2) is 0 Å². The standard InChI is InChI=1S/C14H25N3O3/c1-2-13(18)16-11-4-3-6-17(9-11)14(19)8-12-10-20-7-5-15-12/h11-12,15H,2-10H2,1H3,(H,16,18). The Labute approximate surface area is 120 Å². The van der Waals surface area contributed by atoms with Gasteiger partial charge in [-0.05, 0) is 12.8 Å². The summed E-state index contributed by atoms with van der Waals surface area (Å²) in [6.07, 6.45) is 2.89. The number of carbonyl (C=O) groups excluding carboxylic acids is 2. The SMILES string of the molecule is CCC(=O)NC1CCCN(C(=O)CC2COCCN2)C1. The highest BCUT2D eigenvalue weighted by atomic mass is 16.5. The minimum Gasteiger partial charge on any atom is -0.378 e. The summed E-state index contributed by atoms with van der Waals surface area (Å²) in [7, 11) is 0. The van der Waals surface area contributed by atoms with Crippen molar-refractivity contribution in [2.24, 2.45) is 0 Å². The van der Waals surface area contributed by atoms with Gasteiger partial charge >= 0.3 is 0 Å². The fraction of sp³-hybridized carbons (Fsp3) is 0.857. The average Bonchev–Trinajstić information content (AvgIpc) is 2.48. The molecule has 0 aromatic heterocycles. The summed E-state index contributed by atoms with van der Waals surface area (Å²) in [5.41, 5.74) is 0. The number of carbonyl (C=O) groups is 2. The lowest BCUT2D eigenvalue weighted by Crippen LogP contribution is -2.51. The summed E-state index contributed by atoms with van der Waals surface area (Å²) in [5, 5.41) is 6.28. The van der Waals surface area contributed by atoms with Crippen LogP contribution in [0.3, 0.4) is 0 Å². The van der Waals surface area contributed by atoms with Gasteiger partial charge in [0.2, 0.25) is 11.8 Å². The van der Waals surface area contributed by atoms with Crippen LogP contribution in [0.1, 0.15) is 32.6 Å². The quantitative estimate of drug-likeness (QED) is 0.755. The molecule has 0 bridgehead atoms. The zero-order valence-electron chi connectivity index (χ0n) is 12.2. The van der Waals surface area contributed by atoms with Crippen molar-refractivity contribution in [3.05, 3.63) is 0 Å². The van der Waals surface area contributed by atoms with E-state index in [4.69, 9.17) is 4.74 Å². The lowest BCUT2D eigenvalue weighted by Gasteiger charge is -2.34. The van der Waals surface area contributed by atoms with Crippen LogP contribution >= 0.6 is 0 Å². The van der Waals surface area contributed by atoms with E-state index in [1.807, 2.05) is 11.8 Å². The van der Waals surface area contributed by atoms with Crippen LogP contribution in [0.25, 0.3) is 0 Å². The Balaban J connectivity index is 1.78. The topological polar surface area (TPSA) is 70.7 Å². The number of hydrogen-bond acceptors (Lipinski definition) is 4. The first-order valence-electron chi connectivity index (χ1n) is 7.57. The highest BCUT2D eigenvalue weighted by Crippen LogP contribution is 2.13. The molecule has 2 amide bonds. The van der Waals surface area contributed by atoms with E-state index in [9.17, 15) is 9.59 Å². The van der Waals surface area contributed by atoms with Crippen molar-refractivity contribution in [1.82, 2.24) is 15.5 Å². The molecule has 0 aliphatic carbocycles. The number of piperidine rings is 1. The lowest BCUT2D eigenvalue weighted by atomic mass is 10.0. The average molecular weight is 283 g/mol. The molecule has 6 heteroatoms. The van der Waals surface area contributed by atoms with Crippen molar-refractivity contribution in [2.45, 2.75) is 44.7 Å². The number of rotatable bonds is 4. The van der Waals surface area contributed by atoms with Crippen LogP contribution in [-0.2, 0) is 14.3 Å². The van der Waals surface area contributed by atoms with Crippen molar-refractivity contribution >= 4 is 11.8 Å². The molecule has 0 radical (unpaired) electrons. The van der Waals surface area contributed by atoms with Gasteiger partial charge in [-0.1, -0.05) is 6.92 Å². The predicted molar refractivity (Wildman–Crippen MR) is 75.3 cm³/mol. The molecule has 2 heterocycles. The lowest BCUT2D eigenvalue weighted by molar-refractivity contribution is -0.134. The minimum atomic E-state index is 0.0617. The van der Waals surface area contributed by atoms with Crippen molar-refractivity contribution in [1.29, 1.82) is 0 Å². The monoisotopic (exact) mass is 283 g/mol. The van der Waals surface area contributed by atoms with Crippen LogP contribution in [0.2, 0.25) is 0 Å². The maximum atomic E-state index is 12.3. The first-order valence-corrected chi connectivity index (χ1v) is 7.57. The van der Waals surface area contributed by atoms with Crippen molar-refractivity contribution < 1.29 is 14.3 Å². The zero-order chi connectivity index (χ0) is 14.4. The second-order valence-electron chi connectivity index (χ2n) is 5.53. The summed E-state index contributed by atoms with van der Waals surface area (Å²) >= 11 is 0. The van der Waals surface area contributed by atoms with E-state index in [-0.39, 0.29) is 23.9 Å². The molecule has 2 N–H and O–H groups in total. The van der Waals surface area contributed by atoms with Gasteiger partial charge in [-0.3, -0.25) is 9.59 Å². The maximum Gasteiger partial charge on any atom is 0.224 e. The molecule has 0 aromatic rings. The highest BCUT2D eigenvalue weighted by molar-refractivity contribution is 5.78. The predicted octanol–water partition coefficient (Wildman–Crippen LogP) is -0.118. The van der Waals surface area contributed by atoms with Gasteiger partial charge in [-0.15, -0.1) is 0 Å². The molecule has 0 saturated carbocycles. The summed E-state index contributed by atoms with van der Waals surface area (Å²) in [6, 6.07) is 0.234. The van der Waals surface area contributed by atoms with E-state index in [1.165, 1.54) is 0 Å². The Morgan fingerprint density at radius 3 is 3.00 bits per heavy atom. The molecule has 20 heavy (non-hydrogen) atoms. The van der Waals surface area contributed by atoms with E-state index >= 15 is 0 Å². The zero-order valence-corrected chi connectivity index (χ0v) is 12.2. The Morgan fingerprint density at radius 1 is 1.45 bits per heavy atom. The Kier molecular flexibility index (Phi) is 5.79. The molecule has 0 aromatic carbocycles. The third-order valence-electron chi connectivity index (χ3n) is 3.88. The maximum absolute atomic E-state index is 12.3. The normalized spacial score (nSPS) is 27.1. The van der Waals surface area contributed by atoms with E-state index in [0.29, 0.717) is 26.0 Å². The van der Waals surface area contributed by atoms with Gasteiger partial charge in [0.05, 0.1) is 13.2 Å². The number of hydrogen-bond donors (Lipinski definition) is 2. The first-order chi connectivity index (χ1) is 9.69. The van der Waals surface area contributed by atoms with Crippen LogP contribution in [0.15, 0.2) is 0 Å². The highest BCUT2D eigenvalue weighted by Gasteiger charge is 2.26. The van der Waals surface area contributed by atoms with E-state index in [1.54, 1.807) is 0 Å². The second kappa shape index (κ2) is 7.59. The number of nitrogens with zero attached hydrogens (tertiary/aromatic N) is 1. The Hall–Kier alpha value is -1.14. The Morgan fingerprint density at radius 2 is 2.30 bits per heavy atom. The van der Waals surface area contributed by atoms with Crippen LogP contribution < -0.4 is 10.6 Å². The van der Waals surface area contributed by atoms with Gasteiger partial charge in [0.15, 0.2) is 0 Å². The smallest absolute Gasteiger partial charge is 0.224 e. The largest absolute Gasteiger partial charge is 0.378 e. The van der Waals surface area contributed by atoms with Crippen LogP contribution in [0, 0.1) is 0 Å². The third-order valence-corrected chi connectivity index (χ3v) is 3.88. The van der Waals surface area contributed by atoms with Crippen molar-refractivity contribution in [3.63, 3.8) is 0 Å². The fourth-order valence-electron chi connectivity index (χ4n) is 2.74. The van der Waals surface area contributed by atoms with E-state index in [2.05, 4.69) is 10.6 Å². The molecule has 2 aliphatic rings. The number of ether oxygens (including phenoxy) is 1. The van der Waals surface area contributed by atoms with Crippen LogP contribution in [0.5, 0.6) is 0 Å².